The normalized spacial score (nSPS) is 11.6. The minimum absolute atomic E-state index is 0.0341. The average Bonchev–Trinajstić information content (AvgIpc) is 2.28. The summed E-state index contributed by atoms with van der Waals surface area (Å²) in [5, 5.41) is 0. The Bertz CT molecular complexity index is 434. The van der Waals surface area contributed by atoms with E-state index in [2.05, 4.69) is 0 Å². The third-order valence-electron chi connectivity index (χ3n) is 2.14. The van der Waals surface area contributed by atoms with E-state index < -0.39 is 18.0 Å². The van der Waals surface area contributed by atoms with Crippen molar-refractivity contribution in [2.45, 2.75) is 19.4 Å². The second-order valence-corrected chi connectivity index (χ2v) is 3.71. The maximum Gasteiger partial charge on any atom is 0.310 e. The Morgan fingerprint density at radius 1 is 1.39 bits per heavy atom. The molecule has 0 fully saturated rings. The zero-order valence-electron chi connectivity index (χ0n) is 10.1. The van der Waals surface area contributed by atoms with Gasteiger partial charge in [-0.3, -0.25) is 9.59 Å². The van der Waals surface area contributed by atoms with Crippen LogP contribution in [0.2, 0.25) is 0 Å². The Morgan fingerprint density at radius 3 is 2.72 bits per heavy atom. The van der Waals surface area contributed by atoms with E-state index in [9.17, 15) is 9.59 Å². The number of rotatable bonds is 6. The highest BCUT2D eigenvalue weighted by Gasteiger charge is 2.14. The molecule has 18 heavy (non-hydrogen) atoms. The molecular weight excluding hydrogens is 236 g/mol. The number of carbonyl (C=O) groups excluding carboxylic acids is 2. The summed E-state index contributed by atoms with van der Waals surface area (Å²) in [5.74, 6) is -0.643. The van der Waals surface area contributed by atoms with Gasteiger partial charge in [0.1, 0.15) is 5.75 Å². The number of hydrogen-bond acceptors (Lipinski definition) is 5. The van der Waals surface area contributed by atoms with E-state index in [4.69, 9.17) is 20.9 Å². The van der Waals surface area contributed by atoms with Gasteiger partial charge in [-0.2, -0.15) is 0 Å². The third-order valence-corrected chi connectivity index (χ3v) is 2.14. The van der Waals surface area contributed by atoms with Crippen molar-refractivity contribution in [3.8, 4) is 5.75 Å². The summed E-state index contributed by atoms with van der Waals surface area (Å²) in [4.78, 5) is 21.9. The van der Waals surface area contributed by atoms with Crippen LogP contribution < -0.4 is 16.2 Å². The summed E-state index contributed by atoms with van der Waals surface area (Å²) in [6.07, 6.45) is -0.892. The van der Waals surface area contributed by atoms with Crippen molar-refractivity contribution in [2.75, 3.05) is 12.3 Å². The fraction of sp³-hybridized carbons (Fsp3) is 0.333. The Balaban J connectivity index is 2.29. The van der Waals surface area contributed by atoms with Crippen LogP contribution in [0.3, 0.4) is 0 Å². The van der Waals surface area contributed by atoms with Gasteiger partial charge in [0.2, 0.25) is 0 Å². The zero-order chi connectivity index (χ0) is 13.5. The van der Waals surface area contributed by atoms with Gasteiger partial charge >= 0.3 is 5.97 Å². The van der Waals surface area contributed by atoms with Crippen LogP contribution in [0.4, 0.5) is 5.69 Å². The van der Waals surface area contributed by atoms with E-state index in [1.54, 1.807) is 24.3 Å². The molecule has 1 amide bonds. The molecule has 0 spiro atoms. The number of hydrogen-bond donors (Lipinski definition) is 2. The third kappa shape index (κ3) is 4.73. The van der Waals surface area contributed by atoms with Crippen molar-refractivity contribution in [1.29, 1.82) is 0 Å². The van der Waals surface area contributed by atoms with E-state index in [1.807, 2.05) is 0 Å². The molecular formula is C12H16N2O4. The lowest BCUT2D eigenvalue weighted by Crippen LogP contribution is -2.30. The largest absolute Gasteiger partial charge is 0.493 e. The Labute approximate surface area is 105 Å². The van der Waals surface area contributed by atoms with E-state index >= 15 is 0 Å². The molecule has 0 aliphatic rings. The van der Waals surface area contributed by atoms with Crippen molar-refractivity contribution in [1.82, 2.24) is 0 Å². The smallest absolute Gasteiger partial charge is 0.310 e. The van der Waals surface area contributed by atoms with E-state index in [0.717, 1.165) is 0 Å². The standard InChI is InChI=1S/C12H16N2O4/c1-8(12(14)16)18-11(15)5-6-17-10-4-2-3-9(13)7-10/h2-4,7-8H,5-6,13H2,1H3,(H2,14,16). The number of esters is 1. The van der Waals surface area contributed by atoms with Crippen LogP contribution >= 0.6 is 0 Å². The molecule has 0 aliphatic carbocycles. The fourth-order valence-corrected chi connectivity index (χ4v) is 1.17. The summed E-state index contributed by atoms with van der Waals surface area (Å²) < 4.78 is 10.1. The summed E-state index contributed by atoms with van der Waals surface area (Å²) >= 11 is 0. The molecule has 1 aromatic carbocycles. The molecule has 0 bridgehead atoms. The monoisotopic (exact) mass is 252 g/mol. The number of amides is 1. The zero-order valence-corrected chi connectivity index (χ0v) is 10.1. The van der Waals surface area contributed by atoms with Gasteiger partial charge in [0.05, 0.1) is 13.0 Å². The predicted molar refractivity (Wildman–Crippen MR) is 65.7 cm³/mol. The van der Waals surface area contributed by atoms with Crippen molar-refractivity contribution < 1.29 is 19.1 Å². The lowest BCUT2D eigenvalue weighted by molar-refractivity contribution is -0.154. The van der Waals surface area contributed by atoms with Crippen molar-refractivity contribution >= 4 is 17.6 Å². The second-order valence-electron chi connectivity index (χ2n) is 3.71. The number of nitrogens with two attached hydrogens (primary N) is 2. The van der Waals surface area contributed by atoms with Crippen molar-refractivity contribution in [2.24, 2.45) is 5.73 Å². The molecule has 6 heteroatoms. The molecule has 1 atom stereocenters. The van der Waals surface area contributed by atoms with Gasteiger partial charge in [0, 0.05) is 11.8 Å². The first-order valence-corrected chi connectivity index (χ1v) is 5.46. The molecule has 0 radical (unpaired) electrons. The Hall–Kier alpha value is -2.24. The lowest BCUT2D eigenvalue weighted by Gasteiger charge is -2.10. The van der Waals surface area contributed by atoms with Gasteiger partial charge in [-0.05, 0) is 19.1 Å². The highest BCUT2D eigenvalue weighted by molar-refractivity contribution is 5.81. The molecule has 98 valence electrons. The van der Waals surface area contributed by atoms with Crippen LogP contribution in [0.15, 0.2) is 24.3 Å². The lowest BCUT2D eigenvalue weighted by atomic mass is 10.3. The Morgan fingerprint density at radius 2 is 2.11 bits per heavy atom. The second kappa shape index (κ2) is 6.48. The van der Waals surface area contributed by atoms with Crippen LogP contribution in [-0.4, -0.2) is 24.6 Å². The minimum atomic E-state index is -0.926. The number of ether oxygens (including phenoxy) is 2. The quantitative estimate of drug-likeness (QED) is 0.565. The highest BCUT2D eigenvalue weighted by Crippen LogP contribution is 2.14. The summed E-state index contributed by atoms with van der Waals surface area (Å²) in [6.45, 7) is 1.56. The summed E-state index contributed by atoms with van der Waals surface area (Å²) in [5.41, 5.74) is 11.1. The molecule has 0 heterocycles. The highest BCUT2D eigenvalue weighted by atomic mass is 16.5. The van der Waals surface area contributed by atoms with Gasteiger partial charge in [-0.1, -0.05) is 6.07 Å². The number of nitrogen functional groups attached to an aromatic ring is 1. The molecule has 0 saturated carbocycles. The SMILES string of the molecule is CC(OC(=O)CCOc1cccc(N)c1)C(N)=O. The first-order chi connectivity index (χ1) is 8.49. The Kier molecular flexibility index (Phi) is 4.98. The van der Waals surface area contributed by atoms with Crippen LogP contribution in [0, 0.1) is 0 Å². The predicted octanol–water partition coefficient (Wildman–Crippen LogP) is 0.455. The number of carbonyl (C=O) groups is 2. The molecule has 1 unspecified atom stereocenters. The molecule has 0 aromatic heterocycles. The summed E-state index contributed by atoms with van der Waals surface area (Å²) in [6, 6.07) is 6.86. The van der Waals surface area contributed by atoms with Gasteiger partial charge in [0.15, 0.2) is 6.10 Å². The average molecular weight is 252 g/mol. The van der Waals surface area contributed by atoms with Crippen LogP contribution in [0.5, 0.6) is 5.75 Å². The molecule has 4 N–H and O–H groups in total. The minimum Gasteiger partial charge on any atom is -0.493 e. The number of primary amides is 1. The van der Waals surface area contributed by atoms with Gasteiger partial charge in [-0.15, -0.1) is 0 Å². The van der Waals surface area contributed by atoms with Crippen LogP contribution in [-0.2, 0) is 14.3 Å². The molecule has 0 aliphatic heterocycles. The molecule has 1 aromatic rings. The van der Waals surface area contributed by atoms with Crippen molar-refractivity contribution in [3.63, 3.8) is 0 Å². The van der Waals surface area contributed by atoms with Gasteiger partial charge < -0.3 is 20.9 Å². The summed E-state index contributed by atoms with van der Waals surface area (Å²) in [7, 11) is 0. The molecule has 6 nitrogen and oxygen atoms in total. The first-order valence-electron chi connectivity index (χ1n) is 5.46. The maximum atomic E-state index is 11.3. The van der Waals surface area contributed by atoms with Crippen LogP contribution in [0.1, 0.15) is 13.3 Å². The fourth-order valence-electron chi connectivity index (χ4n) is 1.17. The van der Waals surface area contributed by atoms with Crippen LogP contribution in [0.25, 0.3) is 0 Å². The van der Waals surface area contributed by atoms with E-state index in [1.165, 1.54) is 6.92 Å². The maximum absolute atomic E-state index is 11.3. The molecule has 1 rings (SSSR count). The van der Waals surface area contributed by atoms with Gasteiger partial charge in [0.25, 0.3) is 5.91 Å². The van der Waals surface area contributed by atoms with E-state index in [-0.39, 0.29) is 13.0 Å². The topological polar surface area (TPSA) is 105 Å². The van der Waals surface area contributed by atoms with E-state index in [0.29, 0.717) is 11.4 Å². The molecule has 0 saturated heterocycles. The van der Waals surface area contributed by atoms with Crippen molar-refractivity contribution in [3.05, 3.63) is 24.3 Å². The number of benzene rings is 1. The first kappa shape index (κ1) is 13.8. The van der Waals surface area contributed by atoms with Gasteiger partial charge in [-0.25, -0.2) is 0 Å². The number of anilines is 1.